The van der Waals surface area contributed by atoms with E-state index in [-0.39, 0.29) is 18.6 Å². The minimum absolute atomic E-state index is 0.149. The summed E-state index contributed by atoms with van der Waals surface area (Å²) in [6.07, 6.45) is 4.49. The normalized spacial score (nSPS) is 15.7. The van der Waals surface area contributed by atoms with Crippen LogP contribution in [-0.4, -0.2) is 30.4 Å². The lowest BCUT2D eigenvalue weighted by Crippen LogP contribution is -2.37. The highest BCUT2D eigenvalue weighted by molar-refractivity contribution is 5.73. The number of nitrogens with one attached hydrogen (secondary N) is 2. The average Bonchev–Trinajstić information content (AvgIpc) is 2.48. The summed E-state index contributed by atoms with van der Waals surface area (Å²) in [7, 11) is 0. The lowest BCUT2D eigenvalue weighted by molar-refractivity contribution is 0.119. The van der Waals surface area contributed by atoms with Gasteiger partial charge in [0.15, 0.2) is 0 Å². The van der Waals surface area contributed by atoms with E-state index >= 15 is 0 Å². The molecular formula is C17H26N2O3. The molecule has 1 unspecified atom stereocenters. The molecule has 5 heteroatoms. The average molecular weight is 306 g/mol. The van der Waals surface area contributed by atoms with Gasteiger partial charge in [0.2, 0.25) is 0 Å². The predicted octanol–water partition coefficient (Wildman–Crippen LogP) is 2.44. The summed E-state index contributed by atoms with van der Waals surface area (Å²) in [5, 5.41) is 14.5. The van der Waals surface area contributed by atoms with Gasteiger partial charge in [-0.1, -0.05) is 25.1 Å². The third-order valence-corrected chi connectivity index (χ3v) is 3.99. The third kappa shape index (κ3) is 5.22. The molecule has 0 heterocycles. The van der Waals surface area contributed by atoms with Crippen molar-refractivity contribution in [1.82, 2.24) is 10.6 Å². The van der Waals surface area contributed by atoms with E-state index < -0.39 is 0 Å². The maximum Gasteiger partial charge on any atom is 0.315 e. The van der Waals surface area contributed by atoms with Crippen molar-refractivity contribution < 1.29 is 14.6 Å². The molecule has 1 fully saturated rings. The lowest BCUT2D eigenvalue weighted by atomic mass is 9.96. The van der Waals surface area contributed by atoms with Gasteiger partial charge in [-0.2, -0.15) is 0 Å². The minimum Gasteiger partial charge on any atom is -0.490 e. The number of rotatable bonds is 8. The minimum atomic E-state index is -0.191. The standard InChI is InChI=1S/C17H26N2O3/c1-13(9-10-20)11-18-17(21)19-12-14-5-2-3-8-16(14)22-15-6-4-7-15/h2-3,5,8,13,15,20H,4,6-7,9-12H2,1H3,(H2,18,19,21). The largest absolute Gasteiger partial charge is 0.490 e. The number of aliphatic hydroxyl groups is 1. The van der Waals surface area contributed by atoms with Crippen LogP contribution in [0.3, 0.4) is 0 Å². The van der Waals surface area contributed by atoms with Crippen molar-refractivity contribution in [3.05, 3.63) is 29.8 Å². The Bertz CT molecular complexity index is 475. The van der Waals surface area contributed by atoms with Crippen LogP contribution in [-0.2, 0) is 6.54 Å². The van der Waals surface area contributed by atoms with Crippen molar-refractivity contribution in [1.29, 1.82) is 0 Å². The summed E-state index contributed by atoms with van der Waals surface area (Å²) >= 11 is 0. The van der Waals surface area contributed by atoms with Crippen LogP contribution >= 0.6 is 0 Å². The van der Waals surface area contributed by atoms with Gasteiger partial charge in [0.1, 0.15) is 5.75 Å². The Labute approximate surface area is 132 Å². The molecule has 1 aromatic carbocycles. The van der Waals surface area contributed by atoms with Gasteiger partial charge in [-0.3, -0.25) is 0 Å². The van der Waals surface area contributed by atoms with Crippen molar-refractivity contribution in [2.24, 2.45) is 5.92 Å². The molecule has 5 nitrogen and oxygen atoms in total. The second kappa shape index (κ2) is 8.63. The number of para-hydroxylation sites is 1. The van der Waals surface area contributed by atoms with Crippen LogP contribution in [0.15, 0.2) is 24.3 Å². The summed E-state index contributed by atoms with van der Waals surface area (Å²) in [6, 6.07) is 7.64. The lowest BCUT2D eigenvalue weighted by Gasteiger charge is -2.27. The second-order valence-electron chi connectivity index (χ2n) is 5.96. The highest BCUT2D eigenvalue weighted by atomic mass is 16.5. The first kappa shape index (κ1) is 16.6. The van der Waals surface area contributed by atoms with Gasteiger partial charge < -0.3 is 20.5 Å². The zero-order chi connectivity index (χ0) is 15.8. The monoisotopic (exact) mass is 306 g/mol. The number of urea groups is 1. The van der Waals surface area contributed by atoms with E-state index in [0.29, 0.717) is 25.6 Å². The van der Waals surface area contributed by atoms with Crippen molar-refractivity contribution in [3.63, 3.8) is 0 Å². The van der Waals surface area contributed by atoms with Gasteiger partial charge >= 0.3 is 6.03 Å². The van der Waals surface area contributed by atoms with E-state index in [1.165, 1.54) is 6.42 Å². The summed E-state index contributed by atoms with van der Waals surface area (Å²) < 4.78 is 5.94. The highest BCUT2D eigenvalue weighted by Crippen LogP contribution is 2.27. The van der Waals surface area contributed by atoms with Gasteiger partial charge in [0.25, 0.3) is 0 Å². The number of hydrogen-bond donors (Lipinski definition) is 3. The van der Waals surface area contributed by atoms with E-state index in [9.17, 15) is 4.79 Å². The van der Waals surface area contributed by atoms with Crippen LogP contribution < -0.4 is 15.4 Å². The number of amides is 2. The number of hydrogen-bond acceptors (Lipinski definition) is 3. The Kier molecular flexibility index (Phi) is 6.52. The number of aliphatic hydroxyl groups excluding tert-OH is 1. The van der Waals surface area contributed by atoms with Crippen LogP contribution in [0.25, 0.3) is 0 Å². The molecule has 1 aliphatic rings. The Morgan fingerprint density at radius 3 is 2.82 bits per heavy atom. The van der Waals surface area contributed by atoms with E-state index in [2.05, 4.69) is 10.6 Å². The van der Waals surface area contributed by atoms with Crippen LogP contribution in [0.5, 0.6) is 5.75 Å². The molecule has 1 saturated carbocycles. The first-order valence-corrected chi connectivity index (χ1v) is 8.06. The molecule has 0 aliphatic heterocycles. The molecule has 0 spiro atoms. The number of benzene rings is 1. The fraction of sp³-hybridized carbons (Fsp3) is 0.588. The molecule has 122 valence electrons. The molecule has 1 atom stereocenters. The molecule has 1 aromatic rings. The Morgan fingerprint density at radius 2 is 2.14 bits per heavy atom. The molecule has 2 amide bonds. The van der Waals surface area contributed by atoms with Crippen LogP contribution in [0.4, 0.5) is 4.79 Å². The smallest absolute Gasteiger partial charge is 0.315 e. The van der Waals surface area contributed by atoms with E-state index in [1.807, 2.05) is 31.2 Å². The van der Waals surface area contributed by atoms with Crippen molar-refractivity contribution in [2.45, 2.75) is 45.3 Å². The Morgan fingerprint density at radius 1 is 1.36 bits per heavy atom. The fourth-order valence-corrected chi connectivity index (χ4v) is 2.26. The maximum atomic E-state index is 11.8. The quantitative estimate of drug-likeness (QED) is 0.691. The molecule has 0 aromatic heterocycles. The summed E-state index contributed by atoms with van der Waals surface area (Å²) in [4.78, 5) is 11.8. The molecule has 2 rings (SSSR count). The molecule has 0 bridgehead atoms. The van der Waals surface area contributed by atoms with Gasteiger partial charge in [-0.25, -0.2) is 4.79 Å². The van der Waals surface area contributed by atoms with Crippen LogP contribution in [0, 0.1) is 5.92 Å². The van der Waals surface area contributed by atoms with Crippen molar-refractivity contribution in [3.8, 4) is 5.75 Å². The Hall–Kier alpha value is -1.75. The van der Waals surface area contributed by atoms with Gasteiger partial charge in [0, 0.05) is 25.3 Å². The topological polar surface area (TPSA) is 70.6 Å². The molecule has 1 aliphatic carbocycles. The van der Waals surface area contributed by atoms with Crippen LogP contribution in [0.1, 0.15) is 38.2 Å². The van der Waals surface area contributed by atoms with Gasteiger partial charge in [-0.05, 0) is 37.7 Å². The molecule has 22 heavy (non-hydrogen) atoms. The number of carbonyl (C=O) groups is 1. The van der Waals surface area contributed by atoms with Gasteiger partial charge in [-0.15, -0.1) is 0 Å². The van der Waals surface area contributed by atoms with Crippen LogP contribution in [0.2, 0.25) is 0 Å². The maximum absolute atomic E-state index is 11.8. The summed E-state index contributed by atoms with van der Waals surface area (Å²) in [6.45, 7) is 3.16. The molecule has 0 saturated heterocycles. The predicted molar refractivity (Wildman–Crippen MR) is 85.8 cm³/mol. The van der Waals surface area contributed by atoms with E-state index in [4.69, 9.17) is 9.84 Å². The van der Waals surface area contributed by atoms with Crippen molar-refractivity contribution in [2.75, 3.05) is 13.2 Å². The molecular weight excluding hydrogens is 280 g/mol. The fourth-order valence-electron chi connectivity index (χ4n) is 2.26. The van der Waals surface area contributed by atoms with E-state index in [0.717, 1.165) is 24.2 Å². The first-order chi connectivity index (χ1) is 10.7. The van der Waals surface area contributed by atoms with Crippen molar-refractivity contribution >= 4 is 6.03 Å². The highest BCUT2D eigenvalue weighted by Gasteiger charge is 2.20. The SMILES string of the molecule is CC(CCO)CNC(=O)NCc1ccccc1OC1CCC1. The second-order valence-corrected chi connectivity index (χ2v) is 5.96. The summed E-state index contributed by atoms with van der Waals surface area (Å²) in [5.41, 5.74) is 0.993. The zero-order valence-corrected chi connectivity index (χ0v) is 13.2. The molecule has 0 radical (unpaired) electrons. The molecule has 3 N–H and O–H groups in total. The zero-order valence-electron chi connectivity index (χ0n) is 13.2. The summed E-state index contributed by atoms with van der Waals surface area (Å²) in [5.74, 6) is 1.13. The Balaban J connectivity index is 1.76. The number of carbonyl (C=O) groups excluding carboxylic acids is 1. The third-order valence-electron chi connectivity index (χ3n) is 3.99. The van der Waals surface area contributed by atoms with E-state index in [1.54, 1.807) is 0 Å². The first-order valence-electron chi connectivity index (χ1n) is 8.06. The van der Waals surface area contributed by atoms with Gasteiger partial charge in [0.05, 0.1) is 6.10 Å². The number of ether oxygens (including phenoxy) is 1.